The highest BCUT2D eigenvalue weighted by Gasteiger charge is 2.23. The van der Waals surface area contributed by atoms with Crippen LogP contribution in [0.15, 0.2) is 11.0 Å². The second-order valence-corrected chi connectivity index (χ2v) is 6.02. The maximum Gasteiger partial charge on any atom is 0.338 e. The lowest BCUT2D eigenvalue weighted by Crippen LogP contribution is -2.19. The van der Waals surface area contributed by atoms with E-state index in [1.165, 1.54) is 0 Å². The van der Waals surface area contributed by atoms with Crippen molar-refractivity contribution in [3.8, 4) is 0 Å². The van der Waals surface area contributed by atoms with E-state index in [0.29, 0.717) is 29.7 Å². The largest absolute Gasteiger partial charge is 0.462 e. The molecule has 0 aliphatic carbocycles. The molecule has 19 heavy (non-hydrogen) atoms. The number of esters is 1. The minimum atomic E-state index is -3.87. The van der Waals surface area contributed by atoms with E-state index in [0.717, 1.165) is 0 Å². The average Bonchev–Trinajstić information content (AvgIpc) is 2.23. The molecular weight excluding hydrogens is 266 g/mol. The summed E-state index contributed by atoms with van der Waals surface area (Å²) < 4.78 is 28.3. The Morgan fingerprint density at radius 2 is 1.84 bits per heavy atom. The van der Waals surface area contributed by atoms with Gasteiger partial charge in [-0.1, -0.05) is 13.0 Å². The predicted molar refractivity (Wildman–Crippen MR) is 72.6 cm³/mol. The first kappa shape index (κ1) is 15.7. The Hall–Kier alpha value is -1.40. The fourth-order valence-corrected chi connectivity index (χ4v) is 3.22. The normalized spacial score (nSPS) is 11.4. The number of carbonyl (C=O) groups excluding carboxylic acids is 1. The van der Waals surface area contributed by atoms with E-state index in [-0.39, 0.29) is 10.5 Å². The smallest absolute Gasteiger partial charge is 0.338 e. The predicted octanol–water partition coefficient (Wildman–Crippen LogP) is 1.83. The number of ether oxygens (including phenoxy) is 1. The van der Waals surface area contributed by atoms with Crippen molar-refractivity contribution in [1.82, 2.24) is 0 Å². The van der Waals surface area contributed by atoms with E-state index in [1.54, 1.807) is 26.8 Å². The van der Waals surface area contributed by atoms with Gasteiger partial charge < -0.3 is 4.74 Å². The lowest BCUT2D eigenvalue weighted by atomic mass is 10.00. The van der Waals surface area contributed by atoms with E-state index < -0.39 is 16.0 Å². The molecule has 0 fully saturated rings. The number of aryl methyl sites for hydroxylation is 2. The number of hydrogen-bond acceptors (Lipinski definition) is 4. The third-order valence-electron chi connectivity index (χ3n) is 2.83. The van der Waals surface area contributed by atoms with Gasteiger partial charge in [-0.15, -0.1) is 0 Å². The van der Waals surface area contributed by atoms with Crippen molar-refractivity contribution >= 4 is 16.0 Å². The van der Waals surface area contributed by atoms with Gasteiger partial charge in [0, 0.05) is 0 Å². The number of carbonyl (C=O) groups is 1. The number of hydrogen-bond donors (Lipinski definition) is 1. The van der Waals surface area contributed by atoms with E-state index in [4.69, 9.17) is 9.88 Å². The quantitative estimate of drug-likeness (QED) is 0.855. The molecule has 6 heteroatoms. The van der Waals surface area contributed by atoms with Crippen LogP contribution in [0.2, 0.25) is 0 Å². The molecule has 5 nitrogen and oxygen atoms in total. The zero-order valence-corrected chi connectivity index (χ0v) is 12.4. The molecule has 0 saturated carbocycles. The third-order valence-corrected chi connectivity index (χ3v) is 4.02. The van der Waals surface area contributed by atoms with E-state index in [1.807, 2.05) is 6.92 Å². The van der Waals surface area contributed by atoms with E-state index in [2.05, 4.69) is 0 Å². The van der Waals surface area contributed by atoms with Crippen LogP contribution in [0.3, 0.4) is 0 Å². The molecule has 0 aromatic heterocycles. The zero-order valence-electron chi connectivity index (χ0n) is 11.6. The first-order valence-electron chi connectivity index (χ1n) is 6.00. The van der Waals surface area contributed by atoms with Crippen molar-refractivity contribution in [3.05, 3.63) is 28.3 Å². The van der Waals surface area contributed by atoms with Crippen LogP contribution in [-0.4, -0.2) is 21.0 Å². The van der Waals surface area contributed by atoms with Gasteiger partial charge in [0.05, 0.1) is 17.1 Å². The standard InChI is InChI=1S/C13H19NO4S/c1-5-6-18-13(15)11-8(2)7-9(3)12(10(11)4)19(14,16)17/h7H,5-6H2,1-4H3,(H2,14,16,17). The molecular formula is C13H19NO4S. The second kappa shape index (κ2) is 5.71. The summed E-state index contributed by atoms with van der Waals surface area (Å²) in [7, 11) is -3.87. The van der Waals surface area contributed by atoms with Crippen LogP contribution < -0.4 is 5.14 Å². The summed E-state index contributed by atoms with van der Waals surface area (Å²) in [5.41, 5.74) is 1.84. The molecule has 0 aliphatic rings. The summed E-state index contributed by atoms with van der Waals surface area (Å²) in [6.45, 7) is 7.16. The van der Waals surface area contributed by atoms with Crippen LogP contribution >= 0.6 is 0 Å². The first-order valence-corrected chi connectivity index (χ1v) is 7.55. The topological polar surface area (TPSA) is 86.5 Å². The molecule has 1 aromatic carbocycles. The molecule has 0 spiro atoms. The second-order valence-electron chi connectivity index (χ2n) is 4.52. The van der Waals surface area contributed by atoms with Crippen molar-refractivity contribution in [1.29, 1.82) is 0 Å². The monoisotopic (exact) mass is 285 g/mol. The summed E-state index contributed by atoms with van der Waals surface area (Å²) >= 11 is 0. The molecule has 0 atom stereocenters. The van der Waals surface area contributed by atoms with Crippen LogP contribution in [0.4, 0.5) is 0 Å². The highest BCUT2D eigenvalue weighted by molar-refractivity contribution is 7.89. The van der Waals surface area contributed by atoms with Crippen molar-refractivity contribution in [2.75, 3.05) is 6.61 Å². The summed E-state index contributed by atoms with van der Waals surface area (Å²) in [5, 5.41) is 5.20. The molecule has 0 saturated heterocycles. The average molecular weight is 285 g/mol. The number of sulfonamides is 1. The first-order chi connectivity index (χ1) is 8.70. The van der Waals surface area contributed by atoms with Gasteiger partial charge in [0.15, 0.2) is 0 Å². The summed E-state index contributed by atoms with van der Waals surface area (Å²) in [6, 6.07) is 1.63. The molecule has 0 unspecified atom stereocenters. The Labute approximate surface area is 113 Å². The van der Waals surface area contributed by atoms with Crippen molar-refractivity contribution in [3.63, 3.8) is 0 Å². The van der Waals surface area contributed by atoms with Crippen LogP contribution in [0, 0.1) is 20.8 Å². The molecule has 0 amide bonds. The summed E-state index contributed by atoms with van der Waals surface area (Å²) in [5.74, 6) is -0.512. The number of nitrogens with two attached hydrogens (primary N) is 1. The molecule has 0 bridgehead atoms. The van der Waals surface area contributed by atoms with Gasteiger partial charge in [0.2, 0.25) is 10.0 Å². The van der Waals surface area contributed by atoms with Gasteiger partial charge >= 0.3 is 5.97 Å². The Balaban J connectivity index is 3.46. The Kier molecular flexibility index (Phi) is 4.70. The van der Waals surface area contributed by atoms with Crippen molar-refractivity contribution in [2.24, 2.45) is 5.14 Å². The Bertz CT molecular complexity index is 606. The highest BCUT2D eigenvalue weighted by atomic mass is 32.2. The molecule has 0 radical (unpaired) electrons. The third kappa shape index (κ3) is 3.33. The van der Waals surface area contributed by atoms with Crippen LogP contribution in [-0.2, 0) is 14.8 Å². The Morgan fingerprint density at radius 1 is 1.26 bits per heavy atom. The zero-order chi connectivity index (χ0) is 14.8. The highest BCUT2D eigenvalue weighted by Crippen LogP contribution is 2.26. The molecule has 1 rings (SSSR count). The van der Waals surface area contributed by atoms with Crippen molar-refractivity contribution < 1.29 is 17.9 Å². The van der Waals surface area contributed by atoms with Crippen LogP contribution in [0.25, 0.3) is 0 Å². The van der Waals surface area contributed by atoms with Gasteiger partial charge in [-0.2, -0.15) is 0 Å². The van der Waals surface area contributed by atoms with Gasteiger partial charge in [0.1, 0.15) is 0 Å². The van der Waals surface area contributed by atoms with Crippen molar-refractivity contribution in [2.45, 2.75) is 39.0 Å². The minimum Gasteiger partial charge on any atom is -0.462 e. The Morgan fingerprint density at radius 3 is 2.32 bits per heavy atom. The van der Waals surface area contributed by atoms with Gasteiger partial charge in [-0.05, 0) is 43.9 Å². The van der Waals surface area contributed by atoms with E-state index >= 15 is 0 Å². The van der Waals surface area contributed by atoms with Gasteiger partial charge in [-0.3, -0.25) is 0 Å². The van der Waals surface area contributed by atoms with Gasteiger partial charge in [0.25, 0.3) is 0 Å². The van der Waals surface area contributed by atoms with Crippen LogP contribution in [0.5, 0.6) is 0 Å². The molecule has 0 heterocycles. The van der Waals surface area contributed by atoms with E-state index in [9.17, 15) is 13.2 Å². The number of rotatable bonds is 4. The molecule has 2 N–H and O–H groups in total. The SMILES string of the molecule is CCCOC(=O)c1c(C)cc(C)c(S(N)(=O)=O)c1C. The summed E-state index contributed by atoms with van der Waals surface area (Å²) in [4.78, 5) is 12.0. The molecule has 1 aromatic rings. The maximum absolute atomic E-state index is 12.0. The molecule has 106 valence electrons. The maximum atomic E-state index is 12.0. The fourth-order valence-electron chi connectivity index (χ4n) is 2.19. The fraction of sp³-hybridized carbons (Fsp3) is 0.462. The van der Waals surface area contributed by atoms with Crippen LogP contribution in [0.1, 0.15) is 40.4 Å². The minimum absolute atomic E-state index is 0.00143. The lowest BCUT2D eigenvalue weighted by molar-refractivity contribution is 0.0503. The molecule has 0 aliphatic heterocycles. The lowest BCUT2D eigenvalue weighted by Gasteiger charge is -2.15. The van der Waals surface area contributed by atoms with Gasteiger partial charge in [-0.25, -0.2) is 18.4 Å². The summed E-state index contributed by atoms with van der Waals surface area (Å²) in [6.07, 6.45) is 0.706. The number of benzene rings is 1. The number of primary sulfonamides is 1.